The maximum absolute atomic E-state index is 5.97. The van der Waals surface area contributed by atoms with E-state index in [9.17, 15) is 0 Å². The van der Waals surface area contributed by atoms with Crippen LogP contribution in [0.4, 0.5) is 11.5 Å². The summed E-state index contributed by atoms with van der Waals surface area (Å²) in [5.74, 6) is 1.14. The van der Waals surface area contributed by atoms with E-state index in [4.69, 9.17) is 11.5 Å². The molecule has 3 rings (SSSR count). The Morgan fingerprint density at radius 2 is 1.89 bits per heavy atom. The number of anilines is 2. The first-order valence-electron chi connectivity index (χ1n) is 5.31. The topological polar surface area (TPSA) is 93.6 Å². The Hall–Kier alpha value is -2.08. The minimum atomic E-state index is 0.448. The highest BCUT2D eigenvalue weighted by molar-refractivity contribution is 9.10. The van der Waals surface area contributed by atoms with Crippen molar-refractivity contribution in [2.75, 3.05) is 11.5 Å². The minimum Gasteiger partial charge on any atom is -0.398 e. The van der Waals surface area contributed by atoms with E-state index in [2.05, 4.69) is 30.9 Å². The number of hydrogen-bond donors (Lipinski definition) is 3. The highest BCUT2D eigenvalue weighted by Crippen LogP contribution is 2.27. The van der Waals surface area contributed by atoms with E-state index in [0.717, 1.165) is 15.6 Å². The maximum atomic E-state index is 5.97. The number of imidazole rings is 1. The molecule has 90 valence electrons. The van der Waals surface area contributed by atoms with Crippen molar-refractivity contribution in [3.63, 3.8) is 0 Å². The van der Waals surface area contributed by atoms with Gasteiger partial charge in [0.2, 0.25) is 0 Å². The van der Waals surface area contributed by atoms with Gasteiger partial charge in [-0.05, 0) is 30.3 Å². The van der Waals surface area contributed by atoms with Gasteiger partial charge in [-0.1, -0.05) is 15.9 Å². The third kappa shape index (κ3) is 1.80. The van der Waals surface area contributed by atoms with Crippen LogP contribution < -0.4 is 11.5 Å². The van der Waals surface area contributed by atoms with Gasteiger partial charge in [0.15, 0.2) is 5.65 Å². The normalized spacial score (nSPS) is 10.9. The Morgan fingerprint density at radius 1 is 1.06 bits per heavy atom. The standard InChI is InChI=1S/C12H10BrN5/c13-6-1-2-7(8(14)5-6)11-16-9-3-4-10(15)17-12(9)18-11/h1-5H,14H2,(H3,15,16,17,18). The molecule has 6 heteroatoms. The molecule has 2 heterocycles. The van der Waals surface area contributed by atoms with Crippen molar-refractivity contribution in [2.24, 2.45) is 0 Å². The van der Waals surface area contributed by atoms with Crippen molar-refractivity contribution in [2.45, 2.75) is 0 Å². The van der Waals surface area contributed by atoms with Crippen LogP contribution in [0.15, 0.2) is 34.8 Å². The van der Waals surface area contributed by atoms with Crippen LogP contribution in [-0.2, 0) is 0 Å². The number of aromatic nitrogens is 3. The molecule has 0 radical (unpaired) electrons. The second-order valence-electron chi connectivity index (χ2n) is 3.92. The first-order valence-corrected chi connectivity index (χ1v) is 6.10. The zero-order chi connectivity index (χ0) is 12.7. The van der Waals surface area contributed by atoms with Crippen LogP contribution in [0.3, 0.4) is 0 Å². The molecule has 1 aromatic carbocycles. The second kappa shape index (κ2) is 3.99. The molecule has 0 amide bonds. The van der Waals surface area contributed by atoms with Crippen molar-refractivity contribution in [3.8, 4) is 11.4 Å². The van der Waals surface area contributed by atoms with Gasteiger partial charge >= 0.3 is 0 Å². The van der Waals surface area contributed by atoms with Crippen LogP contribution in [-0.4, -0.2) is 15.0 Å². The number of rotatable bonds is 1. The predicted molar refractivity (Wildman–Crippen MR) is 75.8 cm³/mol. The molecule has 0 saturated carbocycles. The molecule has 0 spiro atoms. The van der Waals surface area contributed by atoms with E-state index in [1.54, 1.807) is 6.07 Å². The van der Waals surface area contributed by atoms with Crippen LogP contribution in [0.25, 0.3) is 22.6 Å². The third-order valence-corrected chi connectivity index (χ3v) is 3.13. The van der Waals surface area contributed by atoms with Gasteiger partial charge in [-0.25, -0.2) is 9.97 Å². The molecule has 5 nitrogen and oxygen atoms in total. The fourth-order valence-electron chi connectivity index (χ4n) is 1.78. The summed E-state index contributed by atoms with van der Waals surface area (Å²) in [6, 6.07) is 9.24. The van der Waals surface area contributed by atoms with Gasteiger partial charge in [-0.3, -0.25) is 0 Å². The lowest BCUT2D eigenvalue weighted by Crippen LogP contribution is -1.91. The van der Waals surface area contributed by atoms with E-state index < -0.39 is 0 Å². The highest BCUT2D eigenvalue weighted by atomic mass is 79.9. The Labute approximate surface area is 111 Å². The zero-order valence-electron chi connectivity index (χ0n) is 9.31. The first-order chi connectivity index (χ1) is 8.63. The Balaban J connectivity index is 2.19. The van der Waals surface area contributed by atoms with Gasteiger partial charge in [-0.2, -0.15) is 0 Å². The van der Waals surface area contributed by atoms with Crippen molar-refractivity contribution >= 4 is 38.6 Å². The molecule has 2 aromatic heterocycles. The number of nitrogen functional groups attached to an aromatic ring is 2. The lowest BCUT2D eigenvalue weighted by molar-refractivity contribution is 1.30. The number of halogens is 1. The van der Waals surface area contributed by atoms with E-state index in [-0.39, 0.29) is 0 Å². The minimum absolute atomic E-state index is 0.448. The molecule has 0 bridgehead atoms. The van der Waals surface area contributed by atoms with E-state index in [0.29, 0.717) is 23.0 Å². The summed E-state index contributed by atoms with van der Waals surface area (Å²) in [5, 5.41) is 0. The lowest BCUT2D eigenvalue weighted by Gasteiger charge is -2.02. The van der Waals surface area contributed by atoms with Crippen molar-refractivity contribution in [1.29, 1.82) is 0 Å². The molecular formula is C12H10BrN5. The number of fused-ring (bicyclic) bond motifs is 1. The first kappa shape index (κ1) is 11.0. The van der Waals surface area contributed by atoms with Crippen LogP contribution in [0.5, 0.6) is 0 Å². The number of hydrogen-bond acceptors (Lipinski definition) is 4. The van der Waals surface area contributed by atoms with Crippen LogP contribution >= 0.6 is 15.9 Å². The molecule has 5 N–H and O–H groups in total. The van der Waals surface area contributed by atoms with Gasteiger partial charge in [0.05, 0.1) is 5.52 Å². The number of H-pyrrole nitrogens is 1. The van der Waals surface area contributed by atoms with Crippen LogP contribution in [0, 0.1) is 0 Å². The van der Waals surface area contributed by atoms with Gasteiger partial charge < -0.3 is 16.5 Å². The molecule has 0 aliphatic rings. The summed E-state index contributed by atoms with van der Waals surface area (Å²) in [4.78, 5) is 11.7. The molecule has 3 aromatic rings. The lowest BCUT2D eigenvalue weighted by atomic mass is 10.2. The predicted octanol–water partition coefficient (Wildman–Crippen LogP) is 2.55. The highest BCUT2D eigenvalue weighted by Gasteiger charge is 2.09. The summed E-state index contributed by atoms with van der Waals surface area (Å²) in [6.07, 6.45) is 0. The third-order valence-electron chi connectivity index (χ3n) is 2.64. The summed E-state index contributed by atoms with van der Waals surface area (Å²) in [6.45, 7) is 0. The van der Waals surface area contributed by atoms with Gasteiger partial charge in [0.25, 0.3) is 0 Å². The zero-order valence-corrected chi connectivity index (χ0v) is 10.9. The monoisotopic (exact) mass is 303 g/mol. The SMILES string of the molecule is Nc1ccc2[nH]c(-c3ccc(Br)cc3N)nc2n1. The quantitative estimate of drug-likeness (QED) is 0.602. The van der Waals surface area contributed by atoms with Crippen molar-refractivity contribution in [1.82, 2.24) is 15.0 Å². The molecule has 0 aliphatic heterocycles. The maximum Gasteiger partial charge on any atom is 0.180 e. The van der Waals surface area contributed by atoms with Gasteiger partial charge in [0.1, 0.15) is 11.6 Å². The fraction of sp³-hybridized carbons (Fsp3) is 0. The number of benzene rings is 1. The van der Waals surface area contributed by atoms with E-state index in [1.165, 1.54) is 0 Å². The average molecular weight is 304 g/mol. The Morgan fingerprint density at radius 3 is 2.67 bits per heavy atom. The van der Waals surface area contributed by atoms with E-state index in [1.807, 2.05) is 24.3 Å². The number of nitrogens with two attached hydrogens (primary N) is 2. The summed E-state index contributed by atoms with van der Waals surface area (Å²) >= 11 is 3.37. The number of pyridine rings is 1. The molecule has 0 saturated heterocycles. The molecular weight excluding hydrogens is 294 g/mol. The molecule has 0 fully saturated rings. The van der Waals surface area contributed by atoms with Gasteiger partial charge in [-0.15, -0.1) is 0 Å². The smallest absolute Gasteiger partial charge is 0.180 e. The summed E-state index contributed by atoms with van der Waals surface area (Å²) < 4.78 is 0.933. The van der Waals surface area contributed by atoms with E-state index >= 15 is 0 Å². The van der Waals surface area contributed by atoms with Crippen molar-refractivity contribution in [3.05, 3.63) is 34.8 Å². The number of aromatic amines is 1. The van der Waals surface area contributed by atoms with Crippen LogP contribution in [0.2, 0.25) is 0 Å². The molecule has 18 heavy (non-hydrogen) atoms. The number of nitrogens with zero attached hydrogens (tertiary/aromatic N) is 2. The average Bonchev–Trinajstić information content (AvgIpc) is 2.71. The molecule has 0 unspecified atom stereocenters. The van der Waals surface area contributed by atoms with Gasteiger partial charge in [0, 0.05) is 15.7 Å². The summed E-state index contributed by atoms with van der Waals surface area (Å²) in [5.41, 5.74) is 14.5. The van der Waals surface area contributed by atoms with Crippen LogP contribution in [0.1, 0.15) is 0 Å². The molecule has 0 atom stereocenters. The number of nitrogens with one attached hydrogen (secondary N) is 1. The largest absolute Gasteiger partial charge is 0.398 e. The van der Waals surface area contributed by atoms with Crippen molar-refractivity contribution < 1.29 is 0 Å². The second-order valence-corrected chi connectivity index (χ2v) is 4.84. The Bertz CT molecular complexity index is 734. The summed E-state index contributed by atoms with van der Waals surface area (Å²) in [7, 11) is 0. The Kier molecular flexibility index (Phi) is 2.45. The molecule has 0 aliphatic carbocycles. The fourth-order valence-corrected chi connectivity index (χ4v) is 2.16.